The number of rotatable bonds is 5. The van der Waals surface area contributed by atoms with Crippen molar-refractivity contribution in [2.45, 2.75) is 19.8 Å². The van der Waals surface area contributed by atoms with Crippen LogP contribution in [0.4, 0.5) is 0 Å². The lowest BCUT2D eigenvalue weighted by Gasteiger charge is -2.05. The van der Waals surface area contributed by atoms with Gasteiger partial charge in [-0.2, -0.15) is 0 Å². The van der Waals surface area contributed by atoms with E-state index in [1.54, 1.807) is 24.3 Å². The second kappa shape index (κ2) is 7.93. The molecule has 0 unspecified atom stereocenters. The van der Waals surface area contributed by atoms with Crippen molar-refractivity contribution in [2.75, 3.05) is 0 Å². The maximum Gasteiger partial charge on any atom is 0.311 e. The third-order valence-electron chi connectivity index (χ3n) is 4.35. The highest BCUT2D eigenvalue weighted by molar-refractivity contribution is 6.29. The summed E-state index contributed by atoms with van der Waals surface area (Å²) in [6.45, 7) is 1.99. The molecule has 29 heavy (non-hydrogen) atoms. The number of Topliss-reactive ketones (excluding diaryl/α,β-unsaturated/α-hetero) is 1. The second-order valence-electron chi connectivity index (χ2n) is 6.60. The molecular formula is C22H16ClNO5. The minimum atomic E-state index is -0.447. The van der Waals surface area contributed by atoms with Crippen LogP contribution in [0.1, 0.15) is 33.7 Å². The Morgan fingerprint density at radius 3 is 2.69 bits per heavy atom. The molecule has 1 aromatic heterocycles. The Hall–Kier alpha value is -3.38. The summed E-state index contributed by atoms with van der Waals surface area (Å²) in [4.78, 5) is 24.6. The van der Waals surface area contributed by atoms with Crippen LogP contribution < -0.4 is 9.47 Å². The van der Waals surface area contributed by atoms with Crippen LogP contribution in [0.15, 0.2) is 58.8 Å². The number of nitrogens with zero attached hydrogens (tertiary/aromatic N) is 1. The van der Waals surface area contributed by atoms with E-state index >= 15 is 0 Å². The first-order valence-electron chi connectivity index (χ1n) is 8.95. The van der Waals surface area contributed by atoms with Gasteiger partial charge in [0.25, 0.3) is 0 Å². The van der Waals surface area contributed by atoms with Gasteiger partial charge >= 0.3 is 5.97 Å². The molecule has 0 N–H and O–H groups in total. The number of allylic oxidation sites excluding steroid dienone is 1. The van der Waals surface area contributed by atoms with Crippen molar-refractivity contribution in [1.29, 1.82) is 0 Å². The van der Waals surface area contributed by atoms with Crippen molar-refractivity contribution < 1.29 is 23.6 Å². The monoisotopic (exact) mass is 409 g/mol. The maximum atomic E-state index is 12.5. The molecule has 0 saturated heterocycles. The summed E-state index contributed by atoms with van der Waals surface area (Å²) in [5, 5.41) is 3.79. The fourth-order valence-corrected chi connectivity index (χ4v) is 3.01. The zero-order chi connectivity index (χ0) is 20.4. The number of aromatic nitrogens is 1. The standard InChI is InChI=1S/C22H16ClNO5/c1-13-2-4-14(5-3-13)10-19-22(26)17-8-6-15(11-18(17)28-19)27-21(25)9-7-16-12-20(23)24-29-16/h2-6,8,10-12H,7,9H2,1H3/b19-10-. The highest BCUT2D eigenvalue weighted by atomic mass is 35.5. The van der Waals surface area contributed by atoms with Gasteiger partial charge in [-0.3, -0.25) is 9.59 Å². The largest absolute Gasteiger partial charge is 0.452 e. The van der Waals surface area contributed by atoms with Crippen LogP contribution in [0, 0.1) is 6.92 Å². The first-order chi connectivity index (χ1) is 14.0. The summed E-state index contributed by atoms with van der Waals surface area (Å²) in [5.41, 5.74) is 2.43. The van der Waals surface area contributed by atoms with E-state index in [-0.39, 0.29) is 23.1 Å². The van der Waals surface area contributed by atoms with E-state index in [9.17, 15) is 9.59 Å². The van der Waals surface area contributed by atoms with Crippen LogP contribution in [-0.2, 0) is 11.2 Å². The first-order valence-corrected chi connectivity index (χ1v) is 9.32. The summed E-state index contributed by atoms with van der Waals surface area (Å²) in [6, 6.07) is 14.0. The van der Waals surface area contributed by atoms with E-state index in [1.165, 1.54) is 6.07 Å². The van der Waals surface area contributed by atoms with Crippen molar-refractivity contribution in [2.24, 2.45) is 0 Å². The zero-order valence-corrected chi connectivity index (χ0v) is 16.2. The number of benzene rings is 2. The van der Waals surface area contributed by atoms with Gasteiger partial charge in [-0.05, 0) is 30.7 Å². The molecule has 2 heterocycles. The van der Waals surface area contributed by atoms with Crippen molar-refractivity contribution in [1.82, 2.24) is 5.16 Å². The van der Waals surface area contributed by atoms with Crippen LogP contribution in [0.5, 0.6) is 11.5 Å². The molecule has 0 aliphatic carbocycles. The molecule has 0 bridgehead atoms. The van der Waals surface area contributed by atoms with Gasteiger partial charge < -0.3 is 14.0 Å². The fourth-order valence-electron chi connectivity index (χ4n) is 2.86. The predicted octanol–water partition coefficient (Wildman–Crippen LogP) is 4.79. The molecular weight excluding hydrogens is 394 g/mol. The van der Waals surface area contributed by atoms with Gasteiger partial charge in [0.05, 0.1) is 12.0 Å². The summed E-state index contributed by atoms with van der Waals surface area (Å²) in [7, 11) is 0. The number of halogens is 1. The number of aryl methyl sites for hydroxylation is 2. The predicted molar refractivity (Wildman–Crippen MR) is 106 cm³/mol. The van der Waals surface area contributed by atoms with Gasteiger partial charge in [-0.1, -0.05) is 46.6 Å². The highest BCUT2D eigenvalue weighted by Gasteiger charge is 2.28. The molecule has 0 spiro atoms. The molecule has 146 valence electrons. The van der Waals surface area contributed by atoms with E-state index in [0.29, 0.717) is 29.2 Å². The van der Waals surface area contributed by atoms with Gasteiger partial charge in [-0.15, -0.1) is 0 Å². The molecule has 2 aromatic carbocycles. The van der Waals surface area contributed by atoms with E-state index in [0.717, 1.165) is 11.1 Å². The van der Waals surface area contributed by atoms with Gasteiger partial charge in [-0.25, -0.2) is 0 Å². The maximum absolute atomic E-state index is 12.5. The van der Waals surface area contributed by atoms with Crippen LogP contribution in [0.2, 0.25) is 5.15 Å². The lowest BCUT2D eigenvalue weighted by molar-refractivity contribution is -0.134. The first kappa shape index (κ1) is 19.0. The molecule has 6 nitrogen and oxygen atoms in total. The smallest absolute Gasteiger partial charge is 0.311 e. The number of hydrogen-bond acceptors (Lipinski definition) is 6. The zero-order valence-electron chi connectivity index (χ0n) is 15.5. The molecule has 3 aromatic rings. The lowest BCUT2D eigenvalue weighted by atomic mass is 10.1. The molecule has 0 saturated carbocycles. The molecule has 0 atom stereocenters. The Balaban J connectivity index is 1.43. The van der Waals surface area contributed by atoms with Gasteiger partial charge in [0, 0.05) is 18.6 Å². The van der Waals surface area contributed by atoms with Gasteiger partial charge in [0.2, 0.25) is 5.78 Å². The molecule has 1 aliphatic rings. The SMILES string of the molecule is Cc1ccc(/C=C2\Oc3cc(OC(=O)CCc4cc(Cl)no4)ccc3C2=O)cc1. The number of carbonyl (C=O) groups excluding carboxylic acids is 2. The molecule has 7 heteroatoms. The molecule has 4 rings (SSSR count). The Kier molecular flexibility index (Phi) is 5.18. The van der Waals surface area contributed by atoms with Crippen molar-refractivity contribution in [3.63, 3.8) is 0 Å². The number of hydrogen-bond donors (Lipinski definition) is 0. The third kappa shape index (κ3) is 4.38. The Morgan fingerprint density at radius 2 is 1.97 bits per heavy atom. The van der Waals surface area contributed by atoms with E-state index in [4.69, 9.17) is 25.6 Å². The van der Waals surface area contributed by atoms with Crippen LogP contribution in [-0.4, -0.2) is 16.9 Å². The summed E-state index contributed by atoms with van der Waals surface area (Å²) in [5.74, 6) is 0.738. The molecule has 1 aliphatic heterocycles. The number of esters is 1. The number of ketones is 1. The Labute approximate surface area is 171 Å². The molecule has 0 fully saturated rings. The van der Waals surface area contributed by atoms with Crippen LogP contribution in [0.25, 0.3) is 6.08 Å². The normalized spacial score (nSPS) is 14.0. The van der Waals surface area contributed by atoms with Gasteiger partial charge in [0.15, 0.2) is 10.9 Å². The summed E-state index contributed by atoms with van der Waals surface area (Å²) in [6.07, 6.45) is 2.11. The average molecular weight is 410 g/mol. The van der Waals surface area contributed by atoms with Gasteiger partial charge in [0.1, 0.15) is 17.3 Å². The van der Waals surface area contributed by atoms with E-state index < -0.39 is 5.97 Å². The number of ether oxygens (including phenoxy) is 2. The number of carbonyl (C=O) groups is 2. The van der Waals surface area contributed by atoms with Crippen molar-refractivity contribution in [3.05, 3.63) is 81.9 Å². The summed E-state index contributed by atoms with van der Waals surface area (Å²) >= 11 is 5.67. The van der Waals surface area contributed by atoms with Crippen LogP contribution >= 0.6 is 11.6 Å². The quantitative estimate of drug-likeness (QED) is 0.342. The molecule has 0 amide bonds. The van der Waals surface area contributed by atoms with E-state index in [2.05, 4.69) is 5.16 Å². The summed E-state index contributed by atoms with van der Waals surface area (Å²) < 4.78 is 16.0. The average Bonchev–Trinajstić information content (AvgIpc) is 3.25. The highest BCUT2D eigenvalue weighted by Crippen LogP contribution is 2.35. The minimum absolute atomic E-state index is 0.0982. The Morgan fingerprint density at radius 1 is 1.17 bits per heavy atom. The molecule has 0 radical (unpaired) electrons. The van der Waals surface area contributed by atoms with Crippen molar-refractivity contribution in [3.8, 4) is 11.5 Å². The second-order valence-corrected chi connectivity index (χ2v) is 6.99. The third-order valence-corrected chi connectivity index (χ3v) is 4.53. The fraction of sp³-hybridized carbons (Fsp3) is 0.136. The Bertz CT molecular complexity index is 1110. The van der Waals surface area contributed by atoms with Crippen LogP contribution in [0.3, 0.4) is 0 Å². The lowest BCUT2D eigenvalue weighted by Crippen LogP contribution is -2.08. The minimum Gasteiger partial charge on any atom is -0.452 e. The topological polar surface area (TPSA) is 78.6 Å². The van der Waals surface area contributed by atoms with E-state index in [1.807, 2.05) is 31.2 Å². The number of fused-ring (bicyclic) bond motifs is 1. The van der Waals surface area contributed by atoms with Crippen molar-refractivity contribution >= 4 is 29.4 Å².